The number of methoxy groups -OCH3 is 1. The van der Waals surface area contributed by atoms with Crippen molar-refractivity contribution < 1.29 is 19.4 Å². The molecule has 0 radical (unpaired) electrons. The van der Waals surface area contributed by atoms with Crippen LogP contribution in [0, 0.1) is 6.92 Å². The molecule has 1 aromatic carbocycles. The van der Waals surface area contributed by atoms with E-state index in [2.05, 4.69) is 10.3 Å². The van der Waals surface area contributed by atoms with Gasteiger partial charge in [0.25, 0.3) is 5.91 Å². The van der Waals surface area contributed by atoms with Gasteiger partial charge in [-0.3, -0.25) is 9.59 Å². The number of piperazine rings is 1. The molecule has 2 heterocycles. The second-order valence-electron chi connectivity index (χ2n) is 5.63. The van der Waals surface area contributed by atoms with Gasteiger partial charge in [-0.2, -0.15) is 0 Å². The number of aryl methyl sites for hydroxylation is 1. The summed E-state index contributed by atoms with van der Waals surface area (Å²) < 4.78 is 5.22. The van der Waals surface area contributed by atoms with Gasteiger partial charge >= 0.3 is 5.97 Å². The van der Waals surface area contributed by atoms with Crippen molar-refractivity contribution in [2.24, 2.45) is 0 Å². The number of fused-ring (bicyclic) bond motifs is 1. The van der Waals surface area contributed by atoms with Gasteiger partial charge < -0.3 is 25.0 Å². The van der Waals surface area contributed by atoms with Gasteiger partial charge in [0.2, 0.25) is 0 Å². The zero-order chi connectivity index (χ0) is 16.6. The molecule has 3 N–H and O–H groups in total. The fourth-order valence-corrected chi connectivity index (χ4v) is 2.90. The number of aromatic nitrogens is 1. The molecule has 1 fully saturated rings. The normalized spacial score (nSPS) is 18.2. The molecule has 1 aliphatic heterocycles. The molecule has 7 nitrogen and oxygen atoms in total. The Kier molecular flexibility index (Phi) is 3.96. The summed E-state index contributed by atoms with van der Waals surface area (Å²) >= 11 is 0. The summed E-state index contributed by atoms with van der Waals surface area (Å²) in [5.74, 6) is -0.391. The van der Waals surface area contributed by atoms with Crippen molar-refractivity contribution in [3.8, 4) is 5.75 Å². The van der Waals surface area contributed by atoms with Crippen LogP contribution in [0.5, 0.6) is 5.75 Å². The first-order valence-electron chi connectivity index (χ1n) is 7.43. The Bertz CT molecular complexity index is 768. The fourth-order valence-electron chi connectivity index (χ4n) is 2.90. The van der Waals surface area contributed by atoms with E-state index < -0.39 is 12.0 Å². The standard InChI is InChI=1S/C16H19N3O4/c1-9-11-7-10(23-2)3-4-12(11)18-14(9)15(20)19-6-5-17-13(8-19)16(21)22/h3-4,7,13,17-18H,5-6,8H2,1-2H3,(H,21,22)/t13-/m0/s1. The summed E-state index contributed by atoms with van der Waals surface area (Å²) in [7, 11) is 1.60. The van der Waals surface area contributed by atoms with Crippen molar-refractivity contribution in [1.29, 1.82) is 0 Å². The van der Waals surface area contributed by atoms with Crippen LogP contribution in [0.2, 0.25) is 0 Å². The van der Waals surface area contributed by atoms with Crippen molar-refractivity contribution in [3.05, 3.63) is 29.5 Å². The molecule has 1 atom stereocenters. The summed E-state index contributed by atoms with van der Waals surface area (Å²) in [6.07, 6.45) is 0. The lowest BCUT2D eigenvalue weighted by atomic mass is 10.1. The number of aliphatic carboxylic acids is 1. The zero-order valence-electron chi connectivity index (χ0n) is 13.0. The minimum Gasteiger partial charge on any atom is -0.497 e. The van der Waals surface area contributed by atoms with E-state index in [1.165, 1.54) is 0 Å². The molecule has 0 spiro atoms. The van der Waals surface area contributed by atoms with E-state index in [4.69, 9.17) is 9.84 Å². The first kappa shape index (κ1) is 15.4. The summed E-state index contributed by atoms with van der Waals surface area (Å²) in [6, 6.07) is 4.86. The number of hydrogen-bond donors (Lipinski definition) is 3. The Labute approximate surface area is 133 Å². The SMILES string of the molecule is COc1ccc2[nH]c(C(=O)N3CCN[C@H](C(=O)O)C3)c(C)c2c1. The fraction of sp³-hybridized carbons (Fsp3) is 0.375. The molecule has 0 saturated carbocycles. The van der Waals surface area contributed by atoms with E-state index in [9.17, 15) is 9.59 Å². The number of carboxylic acids is 1. The number of H-pyrrole nitrogens is 1. The monoisotopic (exact) mass is 317 g/mol. The quantitative estimate of drug-likeness (QED) is 0.784. The molecule has 1 aliphatic rings. The van der Waals surface area contributed by atoms with Crippen LogP contribution in [-0.2, 0) is 4.79 Å². The number of carbonyl (C=O) groups is 2. The number of carboxylic acid groups (broad SMARTS) is 1. The largest absolute Gasteiger partial charge is 0.497 e. The van der Waals surface area contributed by atoms with Gasteiger partial charge in [0.05, 0.1) is 7.11 Å². The predicted octanol–water partition coefficient (Wildman–Crippen LogP) is 0.984. The topological polar surface area (TPSA) is 94.7 Å². The van der Waals surface area contributed by atoms with Gasteiger partial charge in [-0.1, -0.05) is 0 Å². The van der Waals surface area contributed by atoms with Gasteiger partial charge in [0.15, 0.2) is 0 Å². The lowest BCUT2D eigenvalue weighted by Crippen LogP contribution is -2.55. The molecular weight excluding hydrogens is 298 g/mol. The average molecular weight is 317 g/mol. The Morgan fingerprint density at radius 1 is 1.39 bits per heavy atom. The molecule has 2 aromatic rings. The number of amides is 1. The van der Waals surface area contributed by atoms with Crippen molar-refractivity contribution in [3.63, 3.8) is 0 Å². The minimum atomic E-state index is -0.944. The van der Waals surface area contributed by atoms with E-state index in [1.807, 2.05) is 25.1 Å². The van der Waals surface area contributed by atoms with Crippen LogP contribution < -0.4 is 10.1 Å². The molecule has 1 saturated heterocycles. The number of nitrogens with one attached hydrogen (secondary N) is 2. The van der Waals surface area contributed by atoms with Gasteiger partial charge in [-0.15, -0.1) is 0 Å². The van der Waals surface area contributed by atoms with E-state index in [-0.39, 0.29) is 12.5 Å². The number of nitrogens with zero attached hydrogens (tertiary/aromatic N) is 1. The summed E-state index contributed by atoms with van der Waals surface area (Å²) in [5, 5.41) is 12.9. The Morgan fingerprint density at radius 3 is 2.87 bits per heavy atom. The van der Waals surface area contributed by atoms with Crippen molar-refractivity contribution in [2.75, 3.05) is 26.7 Å². The number of aromatic amines is 1. The third-order valence-corrected chi connectivity index (χ3v) is 4.24. The van der Waals surface area contributed by atoms with Crippen LogP contribution in [0.4, 0.5) is 0 Å². The molecule has 0 aliphatic carbocycles. The number of rotatable bonds is 3. The van der Waals surface area contributed by atoms with Gasteiger partial charge in [0.1, 0.15) is 17.5 Å². The molecule has 7 heteroatoms. The highest BCUT2D eigenvalue weighted by Gasteiger charge is 2.29. The van der Waals surface area contributed by atoms with Gasteiger partial charge in [-0.25, -0.2) is 0 Å². The molecule has 0 bridgehead atoms. The van der Waals surface area contributed by atoms with E-state index >= 15 is 0 Å². The second-order valence-corrected chi connectivity index (χ2v) is 5.63. The van der Waals surface area contributed by atoms with Crippen LogP contribution >= 0.6 is 0 Å². The molecule has 122 valence electrons. The lowest BCUT2D eigenvalue weighted by Gasteiger charge is -2.31. The van der Waals surface area contributed by atoms with Crippen LogP contribution in [0.25, 0.3) is 10.9 Å². The lowest BCUT2D eigenvalue weighted by molar-refractivity contribution is -0.140. The van der Waals surface area contributed by atoms with Gasteiger partial charge in [0, 0.05) is 30.5 Å². The maximum Gasteiger partial charge on any atom is 0.322 e. The third-order valence-electron chi connectivity index (χ3n) is 4.24. The second kappa shape index (κ2) is 5.92. The molecule has 1 amide bonds. The third kappa shape index (κ3) is 2.75. The van der Waals surface area contributed by atoms with Gasteiger partial charge in [-0.05, 0) is 30.7 Å². The molecule has 3 rings (SSSR count). The first-order chi connectivity index (χ1) is 11.0. The Balaban J connectivity index is 1.91. The van der Waals surface area contributed by atoms with Crippen LogP contribution in [0.1, 0.15) is 16.1 Å². The van der Waals surface area contributed by atoms with Crippen molar-refractivity contribution in [2.45, 2.75) is 13.0 Å². The Hall–Kier alpha value is -2.54. The highest BCUT2D eigenvalue weighted by atomic mass is 16.5. The number of ether oxygens (including phenoxy) is 1. The zero-order valence-corrected chi connectivity index (χ0v) is 13.0. The summed E-state index contributed by atoms with van der Waals surface area (Å²) in [4.78, 5) is 28.6. The highest BCUT2D eigenvalue weighted by Crippen LogP contribution is 2.26. The highest BCUT2D eigenvalue weighted by molar-refractivity contribution is 6.01. The van der Waals surface area contributed by atoms with Crippen LogP contribution in [-0.4, -0.2) is 59.7 Å². The van der Waals surface area contributed by atoms with Crippen LogP contribution in [0.15, 0.2) is 18.2 Å². The van der Waals surface area contributed by atoms with Crippen molar-refractivity contribution >= 4 is 22.8 Å². The van der Waals surface area contributed by atoms with E-state index in [1.54, 1.807) is 12.0 Å². The molecule has 0 unspecified atom stereocenters. The Morgan fingerprint density at radius 2 is 2.17 bits per heavy atom. The van der Waals surface area contributed by atoms with E-state index in [0.29, 0.717) is 18.8 Å². The first-order valence-corrected chi connectivity index (χ1v) is 7.43. The minimum absolute atomic E-state index is 0.159. The molecule has 23 heavy (non-hydrogen) atoms. The average Bonchev–Trinajstić information content (AvgIpc) is 2.90. The number of benzene rings is 1. The summed E-state index contributed by atoms with van der Waals surface area (Å²) in [6.45, 7) is 2.99. The molecule has 1 aromatic heterocycles. The number of carbonyl (C=O) groups excluding carboxylic acids is 1. The predicted molar refractivity (Wildman–Crippen MR) is 84.9 cm³/mol. The maximum atomic E-state index is 12.8. The van der Waals surface area contributed by atoms with Crippen LogP contribution in [0.3, 0.4) is 0 Å². The smallest absolute Gasteiger partial charge is 0.322 e. The number of hydrogen-bond acceptors (Lipinski definition) is 4. The maximum absolute atomic E-state index is 12.8. The summed E-state index contributed by atoms with van der Waals surface area (Å²) in [5.41, 5.74) is 2.20. The van der Waals surface area contributed by atoms with E-state index in [0.717, 1.165) is 22.2 Å². The van der Waals surface area contributed by atoms with Crippen molar-refractivity contribution in [1.82, 2.24) is 15.2 Å². The molecular formula is C16H19N3O4.